The second-order valence-corrected chi connectivity index (χ2v) is 18.6. The zero-order chi connectivity index (χ0) is 41.2. The number of methoxy groups -OCH3 is 1. The molecule has 0 saturated carbocycles. The fourth-order valence-electron chi connectivity index (χ4n) is 7.92. The Labute approximate surface area is 352 Å². The van der Waals surface area contributed by atoms with E-state index in [4.69, 9.17) is 14.2 Å². The first kappa shape index (κ1) is 55.2. The Balaban J connectivity index is 4.26. The Kier molecular flexibility index (Phi) is 41.7. The lowest BCUT2D eigenvalue weighted by molar-refractivity contribution is -0.0359. The second kappa shape index (κ2) is 42.3. The number of unbranched alkanes of at least 4 members (excludes halogenated alkanes) is 30. The predicted molar refractivity (Wildman–Crippen MR) is 246 cm³/mol. The number of carbonyl (C=O) groups excluding carboxylic acids is 1. The van der Waals surface area contributed by atoms with Gasteiger partial charge in [-0.3, -0.25) is 0 Å². The highest BCUT2D eigenvalue weighted by Gasteiger charge is 2.19. The van der Waals surface area contributed by atoms with E-state index in [2.05, 4.69) is 46.9 Å². The third kappa shape index (κ3) is 40.0. The minimum Gasteiger partial charge on any atom is -0.450 e. The molecule has 0 aromatic carbocycles. The Morgan fingerprint density at radius 3 is 1.18 bits per heavy atom. The lowest BCUT2D eigenvalue weighted by atomic mass is 9.94. The van der Waals surface area contributed by atoms with E-state index in [0.29, 0.717) is 25.0 Å². The van der Waals surface area contributed by atoms with Crippen LogP contribution in [0, 0.1) is 11.8 Å². The molecule has 0 aliphatic carbocycles. The number of hydrogen-bond donors (Lipinski definition) is 1. The molecule has 0 aliphatic heterocycles. The molecule has 2 atom stereocenters. The molecule has 0 bridgehead atoms. The van der Waals surface area contributed by atoms with Crippen molar-refractivity contribution < 1.29 is 19.0 Å². The van der Waals surface area contributed by atoms with Gasteiger partial charge in [-0.2, -0.15) is 0 Å². The predicted octanol–water partition coefficient (Wildman–Crippen LogP) is 16.9. The SMILES string of the molecule is CCCCCCCCCCCCCCCCCCC(CCCCCCCCCCCCCCCCCC)CNC(=O)OCCC(C)C(C)OCCC(C)(C)OC. The number of rotatable bonds is 45. The third-order valence-electron chi connectivity index (χ3n) is 12.7. The molecule has 5 nitrogen and oxygen atoms in total. The van der Waals surface area contributed by atoms with Gasteiger partial charge in [-0.15, -0.1) is 0 Å². The van der Waals surface area contributed by atoms with Gasteiger partial charge in [-0.1, -0.05) is 226 Å². The van der Waals surface area contributed by atoms with Crippen LogP contribution < -0.4 is 5.32 Å². The summed E-state index contributed by atoms with van der Waals surface area (Å²) in [5, 5.41) is 3.15. The largest absolute Gasteiger partial charge is 0.450 e. The Bertz CT molecular complexity index is 752. The smallest absolute Gasteiger partial charge is 0.407 e. The van der Waals surface area contributed by atoms with E-state index < -0.39 is 0 Å². The van der Waals surface area contributed by atoms with E-state index in [1.54, 1.807) is 7.11 Å². The summed E-state index contributed by atoms with van der Waals surface area (Å²) in [6.07, 6.45) is 49.0. The van der Waals surface area contributed by atoms with Gasteiger partial charge in [0.2, 0.25) is 0 Å². The summed E-state index contributed by atoms with van der Waals surface area (Å²) >= 11 is 0. The van der Waals surface area contributed by atoms with Gasteiger partial charge in [0.15, 0.2) is 0 Å². The van der Waals surface area contributed by atoms with E-state index >= 15 is 0 Å². The van der Waals surface area contributed by atoms with Crippen molar-refractivity contribution in [3.05, 3.63) is 0 Å². The van der Waals surface area contributed by atoms with Crippen LogP contribution in [0.25, 0.3) is 0 Å². The molecule has 336 valence electrons. The van der Waals surface area contributed by atoms with Crippen LogP contribution in [0.4, 0.5) is 4.79 Å². The van der Waals surface area contributed by atoms with Gasteiger partial charge in [0.25, 0.3) is 0 Å². The van der Waals surface area contributed by atoms with Crippen molar-refractivity contribution in [2.24, 2.45) is 11.8 Å². The van der Waals surface area contributed by atoms with E-state index in [1.165, 1.54) is 218 Å². The molecular weight excluding hydrogens is 691 g/mol. The molecule has 0 fully saturated rings. The van der Waals surface area contributed by atoms with E-state index in [-0.39, 0.29) is 17.8 Å². The van der Waals surface area contributed by atoms with Crippen LogP contribution in [0.5, 0.6) is 0 Å². The van der Waals surface area contributed by atoms with Gasteiger partial charge in [-0.05, 0) is 58.3 Å². The lowest BCUT2D eigenvalue weighted by Gasteiger charge is -2.25. The fourth-order valence-corrected chi connectivity index (χ4v) is 7.92. The molecule has 1 amide bonds. The molecule has 0 saturated heterocycles. The first-order chi connectivity index (χ1) is 27.3. The molecule has 0 heterocycles. The highest BCUT2D eigenvalue weighted by Crippen LogP contribution is 2.21. The molecular formula is C51H103NO4. The first-order valence-corrected chi connectivity index (χ1v) is 25.3. The number of ether oxygens (including phenoxy) is 3. The molecule has 0 radical (unpaired) electrons. The highest BCUT2D eigenvalue weighted by atomic mass is 16.5. The number of hydrogen-bond acceptors (Lipinski definition) is 4. The molecule has 56 heavy (non-hydrogen) atoms. The minimum absolute atomic E-state index is 0.123. The van der Waals surface area contributed by atoms with Crippen molar-refractivity contribution in [1.29, 1.82) is 0 Å². The standard InChI is InChI=1S/C51H103NO4/c1-8-10-12-14-16-18-20-22-24-26-28-30-32-34-36-38-40-49(41-39-37-35-33-31-29-27-25-23-21-19-17-15-13-11-9-2)46-52-50(53)56-44-42-47(3)48(4)55-45-43-51(5,6)54-7/h47-49H,8-46H2,1-7H3,(H,52,53). The van der Waals surface area contributed by atoms with Gasteiger partial charge < -0.3 is 19.5 Å². The maximum atomic E-state index is 12.7. The molecule has 2 unspecified atom stereocenters. The van der Waals surface area contributed by atoms with E-state index in [0.717, 1.165) is 19.4 Å². The summed E-state index contributed by atoms with van der Waals surface area (Å²) in [6.45, 7) is 14.9. The van der Waals surface area contributed by atoms with Crippen molar-refractivity contribution in [3.63, 3.8) is 0 Å². The molecule has 1 N–H and O–H groups in total. The van der Waals surface area contributed by atoms with E-state index in [1.807, 2.05) is 0 Å². The van der Waals surface area contributed by atoms with Crippen LogP contribution in [-0.4, -0.2) is 44.7 Å². The quantitative estimate of drug-likeness (QED) is 0.0624. The lowest BCUT2D eigenvalue weighted by Crippen LogP contribution is -2.31. The van der Waals surface area contributed by atoms with Crippen LogP contribution in [-0.2, 0) is 14.2 Å². The summed E-state index contributed by atoms with van der Waals surface area (Å²) in [6, 6.07) is 0. The zero-order valence-electron chi connectivity index (χ0n) is 39.4. The summed E-state index contributed by atoms with van der Waals surface area (Å²) in [7, 11) is 1.75. The summed E-state index contributed by atoms with van der Waals surface area (Å²) in [4.78, 5) is 12.7. The average molecular weight is 794 g/mol. The summed E-state index contributed by atoms with van der Waals surface area (Å²) in [5.74, 6) is 0.885. The fraction of sp³-hybridized carbons (Fsp3) is 0.980. The first-order valence-electron chi connectivity index (χ1n) is 25.3. The van der Waals surface area contributed by atoms with Gasteiger partial charge in [-0.25, -0.2) is 4.79 Å². The second-order valence-electron chi connectivity index (χ2n) is 18.6. The molecule has 0 spiro atoms. The van der Waals surface area contributed by atoms with Crippen molar-refractivity contribution in [3.8, 4) is 0 Å². The molecule has 0 aliphatic rings. The number of nitrogens with one attached hydrogen (secondary N) is 1. The van der Waals surface area contributed by atoms with Crippen molar-refractivity contribution in [2.45, 2.75) is 284 Å². The molecule has 5 heteroatoms. The van der Waals surface area contributed by atoms with Crippen LogP contribution in [0.1, 0.15) is 273 Å². The number of amides is 1. The normalized spacial score (nSPS) is 13.1. The summed E-state index contributed by atoms with van der Waals surface area (Å²) in [5.41, 5.74) is -0.167. The Morgan fingerprint density at radius 2 is 0.839 bits per heavy atom. The van der Waals surface area contributed by atoms with Gasteiger partial charge in [0, 0.05) is 20.3 Å². The zero-order valence-corrected chi connectivity index (χ0v) is 39.4. The molecule has 0 rings (SSSR count). The number of alkyl carbamates (subject to hydrolysis) is 1. The van der Waals surface area contributed by atoms with Gasteiger partial charge in [0.1, 0.15) is 0 Å². The van der Waals surface area contributed by atoms with E-state index in [9.17, 15) is 4.79 Å². The molecule has 0 aromatic rings. The van der Waals surface area contributed by atoms with Crippen molar-refractivity contribution in [2.75, 3.05) is 26.9 Å². The number of carbonyl (C=O) groups is 1. The average Bonchev–Trinajstić information content (AvgIpc) is 3.19. The Hall–Kier alpha value is -0.810. The van der Waals surface area contributed by atoms with Crippen LogP contribution in [0.3, 0.4) is 0 Å². The molecule has 0 aromatic heterocycles. The van der Waals surface area contributed by atoms with Crippen LogP contribution in [0.15, 0.2) is 0 Å². The third-order valence-corrected chi connectivity index (χ3v) is 12.7. The monoisotopic (exact) mass is 794 g/mol. The Morgan fingerprint density at radius 1 is 0.500 bits per heavy atom. The minimum atomic E-state index is -0.253. The highest BCUT2D eigenvalue weighted by molar-refractivity contribution is 5.67. The van der Waals surface area contributed by atoms with Crippen LogP contribution >= 0.6 is 0 Å². The summed E-state index contributed by atoms with van der Waals surface area (Å²) < 4.78 is 17.2. The van der Waals surface area contributed by atoms with Crippen molar-refractivity contribution in [1.82, 2.24) is 5.32 Å². The topological polar surface area (TPSA) is 56.8 Å². The van der Waals surface area contributed by atoms with Gasteiger partial charge >= 0.3 is 6.09 Å². The maximum absolute atomic E-state index is 12.7. The maximum Gasteiger partial charge on any atom is 0.407 e. The van der Waals surface area contributed by atoms with Crippen molar-refractivity contribution >= 4 is 6.09 Å². The van der Waals surface area contributed by atoms with Gasteiger partial charge in [0.05, 0.1) is 18.3 Å². The van der Waals surface area contributed by atoms with Crippen LogP contribution in [0.2, 0.25) is 0 Å².